The fraction of sp³-hybridized carbons (Fsp3) is 0.227. The van der Waals surface area contributed by atoms with Crippen LogP contribution in [0.1, 0.15) is 36.7 Å². The van der Waals surface area contributed by atoms with Gasteiger partial charge in [-0.15, -0.1) is 0 Å². The number of nitriles is 1. The Morgan fingerprint density at radius 2 is 2.07 bits per heavy atom. The van der Waals surface area contributed by atoms with E-state index < -0.39 is 0 Å². The first kappa shape index (κ1) is 19.3. The predicted octanol–water partition coefficient (Wildman–Crippen LogP) is 3.84. The molecule has 1 unspecified atom stereocenters. The number of carbonyl (C=O) groups excluding carboxylic acids is 1. The van der Waals surface area contributed by atoms with Crippen LogP contribution in [0.25, 0.3) is 16.8 Å². The van der Waals surface area contributed by atoms with Crippen LogP contribution in [0.15, 0.2) is 42.5 Å². The van der Waals surface area contributed by atoms with Gasteiger partial charge in [-0.2, -0.15) is 10.4 Å². The minimum absolute atomic E-state index is 0.196. The summed E-state index contributed by atoms with van der Waals surface area (Å²) in [6.45, 7) is 7.51. The maximum atomic E-state index is 12.7. The van der Waals surface area contributed by atoms with Gasteiger partial charge in [-0.25, -0.2) is 0 Å². The van der Waals surface area contributed by atoms with Gasteiger partial charge in [-0.05, 0) is 45.4 Å². The second-order valence-corrected chi connectivity index (χ2v) is 7.31. The van der Waals surface area contributed by atoms with Gasteiger partial charge in [-0.3, -0.25) is 19.4 Å². The summed E-state index contributed by atoms with van der Waals surface area (Å²) in [5.41, 5.74) is 6.24. The molecule has 8 heteroatoms. The Labute approximate surface area is 174 Å². The van der Waals surface area contributed by atoms with E-state index in [-0.39, 0.29) is 11.9 Å². The largest absolute Gasteiger partial charge is 0.342 e. The molecule has 0 radical (unpaired) electrons. The van der Waals surface area contributed by atoms with E-state index in [0.717, 1.165) is 28.1 Å². The van der Waals surface area contributed by atoms with Gasteiger partial charge in [0.2, 0.25) is 0 Å². The first-order valence-corrected chi connectivity index (χ1v) is 9.55. The highest BCUT2D eigenvalue weighted by molar-refractivity contribution is 6.32. The molecule has 3 aromatic rings. The summed E-state index contributed by atoms with van der Waals surface area (Å²) in [4.78, 5) is 21.4. The highest BCUT2D eigenvalue weighted by Crippen LogP contribution is 2.36. The van der Waals surface area contributed by atoms with Crippen LogP contribution >= 0.6 is 0 Å². The zero-order valence-electron chi connectivity index (χ0n) is 17.2. The number of carbonyl (C=O) groups is 1. The number of pyridine rings is 2. The van der Waals surface area contributed by atoms with E-state index in [9.17, 15) is 4.79 Å². The van der Waals surface area contributed by atoms with E-state index in [2.05, 4.69) is 31.8 Å². The zero-order valence-corrected chi connectivity index (χ0v) is 17.2. The lowest BCUT2D eigenvalue weighted by Crippen LogP contribution is -2.10. The number of allylic oxidation sites excluding steroid dienone is 1. The highest BCUT2D eigenvalue weighted by Gasteiger charge is 2.28. The topological polar surface area (TPSA) is 109 Å². The minimum Gasteiger partial charge on any atom is -0.342 e. The van der Waals surface area contributed by atoms with Gasteiger partial charge in [0, 0.05) is 41.0 Å². The van der Waals surface area contributed by atoms with E-state index in [4.69, 9.17) is 5.26 Å². The molecule has 1 amide bonds. The Morgan fingerprint density at radius 1 is 1.27 bits per heavy atom. The number of amides is 1. The first-order valence-electron chi connectivity index (χ1n) is 9.55. The number of anilines is 2. The maximum Gasteiger partial charge on any atom is 0.258 e. The van der Waals surface area contributed by atoms with Crippen LogP contribution in [0.5, 0.6) is 0 Å². The average molecular weight is 399 g/mol. The summed E-state index contributed by atoms with van der Waals surface area (Å²) in [6.07, 6.45) is 5.18. The van der Waals surface area contributed by atoms with Gasteiger partial charge in [0.1, 0.15) is 6.04 Å². The van der Waals surface area contributed by atoms with Crippen LogP contribution in [0.2, 0.25) is 0 Å². The molecule has 4 rings (SSSR count). The van der Waals surface area contributed by atoms with Crippen molar-refractivity contribution >= 4 is 23.0 Å². The summed E-state index contributed by atoms with van der Waals surface area (Å²) in [5.74, 6) is 0.386. The van der Waals surface area contributed by atoms with Crippen molar-refractivity contribution in [2.45, 2.75) is 33.7 Å². The number of nitrogens with zero attached hydrogens (tertiary/aromatic N) is 5. The zero-order chi connectivity index (χ0) is 21.4. The van der Waals surface area contributed by atoms with Gasteiger partial charge in [0.15, 0.2) is 5.82 Å². The lowest BCUT2D eigenvalue weighted by atomic mass is 10.0. The number of aromatic nitrogens is 4. The normalized spacial score (nSPS) is 15.2. The van der Waals surface area contributed by atoms with E-state index in [0.29, 0.717) is 22.8 Å². The van der Waals surface area contributed by atoms with Gasteiger partial charge < -0.3 is 10.6 Å². The van der Waals surface area contributed by atoms with E-state index in [1.165, 1.54) is 0 Å². The molecule has 1 atom stereocenters. The molecule has 4 heterocycles. The summed E-state index contributed by atoms with van der Waals surface area (Å²) in [5, 5.41) is 19.7. The minimum atomic E-state index is -0.375. The van der Waals surface area contributed by atoms with Crippen molar-refractivity contribution in [1.29, 1.82) is 5.26 Å². The van der Waals surface area contributed by atoms with Crippen LogP contribution in [0.3, 0.4) is 0 Å². The molecular weight excluding hydrogens is 378 g/mol. The third-order valence-electron chi connectivity index (χ3n) is 5.13. The van der Waals surface area contributed by atoms with Crippen LogP contribution in [-0.2, 0) is 4.79 Å². The third-order valence-corrected chi connectivity index (χ3v) is 5.13. The summed E-state index contributed by atoms with van der Waals surface area (Å²) in [7, 11) is 0. The Hall–Kier alpha value is -3.99. The van der Waals surface area contributed by atoms with Crippen molar-refractivity contribution in [3.63, 3.8) is 0 Å². The molecule has 0 aliphatic carbocycles. The molecule has 0 fully saturated rings. The van der Waals surface area contributed by atoms with Crippen molar-refractivity contribution in [2.24, 2.45) is 0 Å². The fourth-order valence-electron chi connectivity index (χ4n) is 3.57. The van der Waals surface area contributed by atoms with E-state index >= 15 is 0 Å². The van der Waals surface area contributed by atoms with E-state index in [1.54, 1.807) is 30.2 Å². The molecule has 0 aromatic carbocycles. The molecule has 0 bridgehead atoms. The van der Waals surface area contributed by atoms with Crippen molar-refractivity contribution in [3.8, 4) is 17.3 Å². The van der Waals surface area contributed by atoms with Crippen molar-refractivity contribution in [2.75, 3.05) is 10.6 Å². The quantitative estimate of drug-likeness (QED) is 0.645. The summed E-state index contributed by atoms with van der Waals surface area (Å²) < 4.78 is 1.65. The number of hydrogen-bond donors (Lipinski definition) is 2. The van der Waals surface area contributed by atoms with E-state index in [1.807, 2.05) is 39.0 Å². The molecular formula is C22H21N7O. The van der Waals surface area contributed by atoms with Crippen LogP contribution in [-0.4, -0.2) is 25.7 Å². The highest BCUT2D eigenvalue weighted by atomic mass is 16.2. The molecule has 3 aromatic heterocycles. The SMILES string of the molecule is C/C(Nc1cc(C)n(C(C)C#N)n1)=C1/C(=O)Nc2cnc(-c3cnccc3C)cc21. The Kier molecular flexibility index (Phi) is 4.80. The van der Waals surface area contributed by atoms with Gasteiger partial charge >= 0.3 is 0 Å². The number of aryl methyl sites for hydroxylation is 2. The molecule has 0 spiro atoms. The lowest BCUT2D eigenvalue weighted by molar-refractivity contribution is -0.110. The van der Waals surface area contributed by atoms with Crippen molar-refractivity contribution < 1.29 is 4.79 Å². The molecule has 8 nitrogen and oxygen atoms in total. The molecule has 2 N–H and O–H groups in total. The second kappa shape index (κ2) is 7.44. The molecule has 30 heavy (non-hydrogen) atoms. The van der Waals surface area contributed by atoms with Gasteiger partial charge in [0.25, 0.3) is 5.91 Å². The number of nitrogens with one attached hydrogen (secondary N) is 2. The summed E-state index contributed by atoms with van der Waals surface area (Å²) >= 11 is 0. The Morgan fingerprint density at radius 3 is 2.80 bits per heavy atom. The van der Waals surface area contributed by atoms with Gasteiger partial charge in [0.05, 0.1) is 29.2 Å². The standard InChI is InChI=1S/C22H21N7O/c1-12-5-6-24-10-17(12)18-8-16-19(11-25-18)27-22(30)21(16)15(4)26-20-7-13(2)29(28-20)14(3)9-23/h5-8,10-11,14H,1-4H3,(H,26,28)(H,27,30)/b21-15-. The monoisotopic (exact) mass is 399 g/mol. The van der Waals surface area contributed by atoms with Crippen LogP contribution < -0.4 is 10.6 Å². The first-order chi connectivity index (χ1) is 14.4. The third kappa shape index (κ3) is 3.31. The van der Waals surface area contributed by atoms with Crippen LogP contribution in [0.4, 0.5) is 11.5 Å². The summed E-state index contributed by atoms with van der Waals surface area (Å²) in [6, 6.07) is 7.48. The van der Waals surface area contributed by atoms with Crippen molar-refractivity contribution in [1.82, 2.24) is 19.7 Å². The number of hydrogen-bond acceptors (Lipinski definition) is 6. The van der Waals surface area contributed by atoms with Crippen molar-refractivity contribution in [3.05, 3.63) is 59.3 Å². The van der Waals surface area contributed by atoms with Crippen LogP contribution in [0, 0.1) is 25.2 Å². The molecule has 0 saturated carbocycles. The lowest BCUT2D eigenvalue weighted by Gasteiger charge is -2.09. The number of fused-ring (bicyclic) bond motifs is 1. The fourth-order valence-corrected chi connectivity index (χ4v) is 3.57. The molecule has 1 aliphatic rings. The smallest absolute Gasteiger partial charge is 0.258 e. The molecule has 1 aliphatic heterocycles. The number of rotatable bonds is 4. The second-order valence-electron chi connectivity index (χ2n) is 7.31. The maximum absolute atomic E-state index is 12.7. The Bertz CT molecular complexity index is 1230. The average Bonchev–Trinajstić information content (AvgIpc) is 3.25. The van der Waals surface area contributed by atoms with Gasteiger partial charge in [-0.1, -0.05) is 0 Å². The Balaban J connectivity index is 1.73. The molecule has 150 valence electrons. The predicted molar refractivity (Wildman–Crippen MR) is 114 cm³/mol. The molecule has 0 saturated heterocycles.